The molecule has 0 spiro atoms. The summed E-state index contributed by atoms with van der Waals surface area (Å²) >= 11 is 5.96. The third-order valence-corrected chi connectivity index (χ3v) is 6.01. The number of hydrogen-bond donors (Lipinski definition) is 1. The number of halogens is 1. The molecule has 2 aromatic rings. The van der Waals surface area contributed by atoms with Crippen molar-refractivity contribution in [1.29, 1.82) is 0 Å². The summed E-state index contributed by atoms with van der Waals surface area (Å²) in [6, 6.07) is 17.0. The topological polar surface area (TPSA) is 49.4 Å². The van der Waals surface area contributed by atoms with Gasteiger partial charge in [0.25, 0.3) is 0 Å². The molecule has 0 bridgehead atoms. The van der Waals surface area contributed by atoms with Crippen LogP contribution in [0.3, 0.4) is 0 Å². The van der Waals surface area contributed by atoms with Gasteiger partial charge in [-0.2, -0.15) is 0 Å². The molecule has 5 heteroatoms. The molecule has 30 heavy (non-hydrogen) atoms. The molecule has 160 valence electrons. The zero-order chi connectivity index (χ0) is 21.3. The van der Waals surface area contributed by atoms with Gasteiger partial charge in [-0.05, 0) is 30.9 Å². The SMILES string of the molecule is Cc1ccc([C@H](C(=O)NC2CCCCCC2)N(Cc2ccccc2)C(=O)CCl)cc1. The number of alkyl halides is 1. The molecule has 0 radical (unpaired) electrons. The lowest BCUT2D eigenvalue weighted by molar-refractivity contribution is -0.140. The second-order valence-corrected chi connectivity index (χ2v) is 8.42. The van der Waals surface area contributed by atoms with Crippen molar-refractivity contribution in [2.75, 3.05) is 5.88 Å². The molecular weight excluding hydrogens is 396 g/mol. The highest BCUT2D eigenvalue weighted by Gasteiger charge is 2.32. The molecule has 0 aliphatic heterocycles. The molecule has 3 rings (SSSR count). The fourth-order valence-corrected chi connectivity index (χ4v) is 4.26. The van der Waals surface area contributed by atoms with Gasteiger partial charge in [-0.1, -0.05) is 85.8 Å². The number of amides is 2. The van der Waals surface area contributed by atoms with E-state index < -0.39 is 6.04 Å². The van der Waals surface area contributed by atoms with E-state index in [4.69, 9.17) is 11.6 Å². The molecule has 1 saturated carbocycles. The number of aryl methyl sites for hydroxylation is 1. The first-order chi connectivity index (χ1) is 14.6. The summed E-state index contributed by atoms with van der Waals surface area (Å²) in [6.07, 6.45) is 6.70. The molecule has 2 amide bonds. The Bertz CT molecular complexity index is 815. The van der Waals surface area contributed by atoms with Gasteiger partial charge in [-0.3, -0.25) is 9.59 Å². The van der Waals surface area contributed by atoms with Crippen molar-refractivity contribution in [3.63, 3.8) is 0 Å². The summed E-state index contributed by atoms with van der Waals surface area (Å²) in [7, 11) is 0. The van der Waals surface area contributed by atoms with Crippen molar-refractivity contribution >= 4 is 23.4 Å². The summed E-state index contributed by atoms with van der Waals surface area (Å²) in [6.45, 7) is 2.35. The van der Waals surface area contributed by atoms with Crippen LogP contribution in [0.15, 0.2) is 54.6 Å². The van der Waals surface area contributed by atoms with Gasteiger partial charge in [0, 0.05) is 12.6 Å². The molecular formula is C25H31ClN2O2. The third-order valence-electron chi connectivity index (χ3n) is 5.79. The van der Waals surface area contributed by atoms with E-state index in [1.54, 1.807) is 4.90 Å². The Labute approximate surface area is 184 Å². The van der Waals surface area contributed by atoms with Crippen LogP contribution in [-0.4, -0.2) is 28.6 Å². The van der Waals surface area contributed by atoms with Gasteiger partial charge < -0.3 is 10.2 Å². The van der Waals surface area contributed by atoms with Crippen LogP contribution in [0.1, 0.15) is 61.3 Å². The minimum atomic E-state index is -0.708. The van der Waals surface area contributed by atoms with Crippen LogP contribution in [0.25, 0.3) is 0 Å². The molecule has 1 fully saturated rings. The van der Waals surface area contributed by atoms with E-state index in [1.165, 1.54) is 12.8 Å². The lowest BCUT2D eigenvalue weighted by Crippen LogP contribution is -2.46. The summed E-state index contributed by atoms with van der Waals surface area (Å²) in [5.74, 6) is -0.534. The van der Waals surface area contributed by atoms with Gasteiger partial charge in [0.1, 0.15) is 11.9 Å². The van der Waals surface area contributed by atoms with E-state index in [9.17, 15) is 9.59 Å². The molecule has 4 nitrogen and oxygen atoms in total. The summed E-state index contributed by atoms with van der Waals surface area (Å²) in [4.78, 5) is 28.0. The number of benzene rings is 2. The highest BCUT2D eigenvalue weighted by atomic mass is 35.5. The van der Waals surface area contributed by atoms with Crippen LogP contribution < -0.4 is 5.32 Å². The Hall–Kier alpha value is -2.33. The first-order valence-corrected chi connectivity index (χ1v) is 11.4. The second-order valence-electron chi connectivity index (χ2n) is 8.15. The number of carbonyl (C=O) groups excluding carboxylic acids is 2. The fourth-order valence-electron chi connectivity index (χ4n) is 4.11. The van der Waals surface area contributed by atoms with E-state index in [-0.39, 0.29) is 23.7 Å². The van der Waals surface area contributed by atoms with E-state index in [0.717, 1.165) is 42.4 Å². The van der Waals surface area contributed by atoms with Crippen molar-refractivity contribution in [3.05, 3.63) is 71.3 Å². The van der Waals surface area contributed by atoms with Gasteiger partial charge in [0.2, 0.25) is 11.8 Å². The molecule has 0 unspecified atom stereocenters. The molecule has 0 saturated heterocycles. The first-order valence-electron chi connectivity index (χ1n) is 10.8. The lowest BCUT2D eigenvalue weighted by atomic mass is 10.0. The Morgan fingerprint density at radius 1 is 1.00 bits per heavy atom. The van der Waals surface area contributed by atoms with Gasteiger partial charge in [-0.25, -0.2) is 0 Å². The van der Waals surface area contributed by atoms with Gasteiger partial charge in [0.15, 0.2) is 0 Å². The molecule has 1 aliphatic rings. The minimum Gasteiger partial charge on any atom is -0.351 e. The standard InChI is InChI=1S/C25H31ClN2O2/c1-19-13-15-21(16-14-19)24(25(30)27-22-11-7-2-3-8-12-22)28(23(29)17-26)18-20-9-5-4-6-10-20/h4-6,9-10,13-16,22,24H,2-3,7-8,11-12,17-18H2,1H3,(H,27,30)/t24-/m1/s1. The van der Waals surface area contributed by atoms with Gasteiger partial charge in [0.05, 0.1) is 0 Å². The monoisotopic (exact) mass is 426 g/mol. The summed E-state index contributed by atoms with van der Waals surface area (Å²) in [5, 5.41) is 3.24. The average molecular weight is 427 g/mol. The predicted octanol–water partition coefficient (Wildman–Crippen LogP) is 5.14. The maximum Gasteiger partial charge on any atom is 0.247 e. The zero-order valence-corrected chi connectivity index (χ0v) is 18.4. The molecule has 1 atom stereocenters. The Balaban J connectivity index is 1.91. The number of nitrogens with one attached hydrogen (secondary N) is 1. The van der Waals surface area contributed by atoms with Crippen molar-refractivity contribution in [3.8, 4) is 0 Å². The molecule has 2 aromatic carbocycles. The predicted molar refractivity (Wildman–Crippen MR) is 121 cm³/mol. The first kappa shape index (κ1) is 22.4. The Morgan fingerprint density at radius 2 is 1.63 bits per heavy atom. The van der Waals surface area contributed by atoms with Crippen LogP contribution >= 0.6 is 11.6 Å². The number of carbonyl (C=O) groups is 2. The largest absolute Gasteiger partial charge is 0.351 e. The molecule has 0 heterocycles. The highest BCUT2D eigenvalue weighted by Crippen LogP contribution is 2.26. The zero-order valence-electron chi connectivity index (χ0n) is 17.6. The molecule has 1 aliphatic carbocycles. The Kier molecular flexibility index (Phi) is 8.32. The van der Waals surface area contributed by atoms with E-state index in [1.807, 2.05) is 61.5 Å². The average Bonchev–Trinajstić information content (AvgIpc) is 3.03. The van der Waals surface area contributed by atoms with Gasteiger partial charge >= 0.3 is 0 Å². The van der Waals surface area contributed by atoms with Crippen LogP contribution in [0.2, 0.25) is 0 Å². The van der Waals surface area contributed by atoms with Crippen LogP contribution in [0, 0.1) is 6.92 Å². The van der Waals surface area contributed by atoms with Crippen molar-refractivity contribution in [1.82, 2.24) is 10.2 Å². The van der Waals surface area contributed by atoms with E-state index in [0.29, 0.717) is 6.54 Å². The normalized spacial score (nSPS) is 15.8. The number of rotatable bonds is 7. The van der Waals surface area contributed by atoms with E-state index >= 15 is 0 Å². The van der Waals surface area contributed by atoms with Crippen molar-refractivity contribution in [2.45, 2.75) is 64.1 Å². The van der Waals surface area contributed by atoms with Crippen molar-refractivity contribution in [2.24, 2.45) is 0 Å². The highest BCUT2D eigenvalue weighted by molar-refractivity contribution is 6.27. The summed E-state index contributed by atoms with van der Waals surface area (Å²) < 4.78 is 0. The maximum absolute atomic E-state index is 13.5. The van der Waals surface area contributed by atoms with Crippen LogP contribution in [-0.2, 0) is 16.1 Å². The molecule has 1 N–H and O–H groups in total. The maximum atomic E-state index is 13.5. The Morgan fingerprint density at radius 3 is 2.23 bits per heavy atom. The fraction of sp³-hybridized carbons (Fsp3) is 0.440. The van der Waals surface area contributed by atoms with Crippen LogP contribution in [0.4, 0.5) is 0 Å². The van der Waals surface area contributed by atoms with Crippen molar-refractivity contribution < 1.29 is 9.59 Å². The quantitative estimate of drug-likeness (QED) is 0.492. The van der Waals surface area contributed by atoms with Gasteiger partial charge in [-0.15, -0.1) is 11.6 Å². The van der Waals surface area contributed by atoms with Crippen LogP contribution in [0.5, 0.6) is 0 Å². The summed E-state index contributed by atoms with van der Waals surface area (Å²) in [5.41, 5.74) is 2.89. The van der Waals surface area contributed by atoms with E-state index in [2.05, 4.69) is 5.32 Å². The third kappa shape index (κ3) is 6.09. The number of hydrogen-bond acceptors (Lipinski definition) is 2. The smallest absolute Gasteiger partial charge is 0.247 e. The lowest BCUT2D eigenvalue weighted by Gasteiger charge is -2.32. The molecule has 0 aromatic heterocycles. The second kappa shape index (κ2) is 11.2. The minimum absolute atomic E-state index is 0.125. The number of nitrogens with zero attached hydrogens (tertiary/aromatic N) is 1.